The number of methoxy groups -OCH3 is 1. The van der Waals surface area contributed by atoms with Crippen molar-refractivity contribution in [3.63, 3.8) is 0 Å². The van der Waals surface area contributed by atoms with Crippen LogP contribution in [0.2, 0.25) is 0 Å². The smallest absolute Gasteiger partial charge is 0.155 e. The van der Waals surface area contributed by atoms with Gasteiger partial charge in [-0.05, 0) is 36.6 Å². The summed E-state index contributed by atoms with van der Waals surface area (Å²) in [6.45, 7) is 4.20. The Bertz CT molecular complexity index is 658. The van der Waals surface area contributed by atoms with E-state index in [1.54, 1.807) is 7.11 Å². The van der Waals surface area contributed by atoms with Crippen molar-refractivity contribution in [3.8, 4) is 5.75 Å². The summed E-state index contributed by atoms with van der Waals surface area (Å²) in [5.41, 5.74) is 2.28. The first-order chi connectivity index (χ1) is 13.2. The largest absolute Gasteiger partial charge is 0.497 e. The van der Waals surface area contributed by atoms with Crippen molar-refractivity contribution in [2.75, 3.05) is 20.3 Å². The molecule has 27 heavy (non-hydrogen) atoms. The Labute approximate surface area is 161 Å². The second-order valence-electron chi connectivity index (χ2n) is 6.61. The molecule has 0 aromatic heterocycles. The molecule has 0 bridgehead atoms. The van der Waals surface area contributed by atoms with Crippen LogP contribution in [0, 0.1) is 0 Å². The lowest BCUT2D eigenvalue weighted by Crippen LogP contribution is -2.28. The van der Waals surface area contributed by atoms with Gasteiger partial charge in [0.2, 0.25) is 0 Å². The minimum absolute atomic E-state index is 0.00774. The van der Waals surface area contributed by atoms with Crippen molar-refractivity contribution < 1.29 is 23.7 Å². The minimum atomic E-state index is -0.210. The molecule has 1 heterocycles. The molecule has 1 aliphatic rings. The zero-order chi connectivity index (χ0) is 18.9. The van der Waals surface area contributed by atoms with Crippen LogP contribution in [0.5, 0.6) is 5.75 Å². The van der Waals surface area contributed by atoms with Gasteiger partial charge in [-0.1, -0.05) is 42.5 Å². The van der Waals surface area contributed by atoms with E-state index >= 15 is 0 Å². The number of hydrogen-bond donors (Lipinski definition) is 0. The van der Waals surface area contributed by atoms with Crippen LogP contribution < -0.4 is 4.74 Å². The van der Waals surface area contributed by atoms with Gasteiger partial charge in [0.25, 0.3) is 0 Å². The van der Waals surface area contributed by atoms with Crippen molar-refractivity contribution in [1.29, 1.82) is 0 Å². The molecule has 0 spiro atoms. The topological polar surface area (TPSA) is 46.2 Å². The van der Waals surface area contributed by atoms with Gasteiger partial charge in [-0.3, -0.25) is 0 Å². The molecule has 2 aromatic carbocycles. The van der Waals surface area contributed by atoms with E-state index in [1.165, 1.54) is 5.56 Å². The summed E-state index contributed by atoms with van der Waals surface area (Å²) in [6.07, 6.45) is 0.497. The first-order valence-corrected chi connectivity index (χ1v) is 9.38. The molecule has 1 unspecified atom stereocenters. The fourth-order valence-corrected chi connectivity index (χ4v) is 3.08. The molecule has 0 radical (unpaired) electrons. The average Bonchev–Trinajstić information content (AvgIpc) is 3.06. The Kier molecular flexibility index (Phi) is 7.66. The lowest BCUT2D eigenvalue weighted by atomic mass is 10.1. The van der Waals surface area contributed by atoms with E-state index in [0.717, 1.165) is 17.7 Å². The highest BCUT2D eigenvalue weighted by molar-refractivity contribution is 5.26. The molecule has 146 valence electrons. The first-order valence-electron chi connectivity index (χ1n) is 9.38. The second kappa shape index (κ2) is 10.4. The molecule has 0 N–H and O–H groups in total. The highest BCUT2D eigenvalue weighted by Crippen LogP contribution is 2.22. The maximum atomic E-state index is 5.86. The lowest BCUT2D eigenvalue weighted by Gasteiger charge is -2.17. The quantitative estimate of drug-likeness (QED) is 0.591. The van der Waals surface area contributed by atoms with Crippen molar-refractivity contribution in [1.82, 2.24) is 0 Å². The van der Waals surface area contributed by atoms with Crippen molar-refractivity contribution in [2.24, 2.45) is 0 Å². The molecule has 5 nitrogen and oxygen atoms in total. The van der Waals surface area contributed by atoms with Crippen LogP contribution in [0.4, 0.5) is 0 Å². The van der Waals surface area contributed by atoms with Gasteiger partial charge < -0.3 is 23.7 Å². The van der Waals surface area contributed by atoms with E-state index in [2.05, 4.69) is 12.1 Å². The third kappa shape index (κ3) is 6.33. The average molecular weight is 372 g/mol. The summed E-state index contributed by atoms with van der Waals surface area (Å²) in [6, 6.07) is 18.0. The Morgan fingerprint density at radius 2 is 1.48 bits per heavy atom. The maximum absolute atomic E-state index is 5.86. The van der Waals surface area contributed by atoms with Gasteiger partial charge in [-0.2, -0.15) is 0 Å². The van der Waals surface area contributed by atoms with E-state index in [-0.39, 0.29) is 18.5 Å². The molecule has 0 saturated carbocycles. The number of hydrogen-bond acceptors (Lipinski definition) is 5. The van der Waals surface area contributed by atoms with Crippen LogP contribution in [0.15, 0.2) is 54.6 Å². The molecule has 3 atom stereocenters. The summed E-state index contributed by atoms with van der Waals surface area (Å²) < 4.78 is 28.5. The van der Waals surface area contributed by atoms with E-state index < -0.39 is 0 Å². The van der Waals surface area contributed by atoms with E-state index in [9.17, 15) is 0 Å². The molecule has 0 amide bonds. The molecule has 5 heteroatoms. The van der Waals surface area contributed by atoms with Gasteiger partial charge in [0.15, 0.2) is 6.29 Å². The lowest BCUT2D eigenvalue weighted by molar-refractivity contribution is -0.0636. The van der Waals surface area contributed by atoms with Gasteiger partial charge in [0, 0.05) is 6.61 Å². The van der Waals surface area contributed by atoms with E-state index in [1.807, 2.05) is 49.4 Å². The Hall–Kier alpha value is -1.92. The monoisotopic (exact) mass is 372 g/mol. The standard InChI is InChI=1S/C22H28O5/c1-17-26-21(12-13-24-14-18-6-4-3-5-7-18)22(27-17)16-25-15-19-8-10-20(23-2)11-9-19/h3-11,17,21-22H,12-16H2,1-2H3/t17?,21-,22+/m0/s1. The Morgan fingerprint density at radius 3 is 2.22 bits per heavy atom. The Morgan fingerprint density at radius 1 is 0.815 bits per heavy atom. The van der Waals surface area contributed by atoms with Gasteiger partial charge in [0.1, 0.15) is 11.9 Å². The van der Waals surface area contributed by atoms with Crippen molar-refractivity contribution >= 4 is 0 Å². The second-order valence-corrected chi connectivity index (χ2v) is 6.61. The van der Waals surface area contributed by atoms with Crippen LogP contribution in [0.25, 0.3) is 0 Å². The van der Waals surface area contributed by atoms with Crippen LogP contribution in [-0.2, 0) is 32.2 Å². The predicted molar refractivity (Wildman–Crippen MR) is 103 cm³/mol. The van der Waals surface area contributed by atoms with Gasteiger partial charge in [-0.15, -0.1) is 0 Å². The SMILES string of the molecule is COc1ccc(COC[C@H]2OC(C)O[C@H]2CCOCc2ccccc2)cc1. The molecular formula is C22H28O5. The zero-order valence-electron chi connectivity index (χ0n) is 16.0. The number of ether oxygens (including phenoxy) is 5. The first kappa shape index (κ1) is 19.8. The third-order valence-corrected chi connectivity index (χ3v) is 4.52. The molecule has 3 rings (SSSR count). The number of benzene rings is 2. The summed E-state index contributed by atoms with van der Waals surface area (Å²) >= 11 is 0. The fourth-order valence-electron chi connectivity index (χ4n) is 3.08. The van der Waals surface area contributed by atoms with Gasteiger partial charge in [0.05, 0.1) is 33.0 Å². The van der Waals surface area contributed by atoms with Crippen molar-refractivity contribution in [3.05, 3.63) is 65.7 Å². The molecule has 2 aromatic rings. The van der Waals surface area contributed by atoms with E-state index in [0.29, 0.717) is 26.4 Å². The van der Waals surface area contributed by atoms with Crippen LogP contribution in [-0.4, -0.2) is 38.8 Å². The molecule has 0 aliphatic carbocycles. The summed E-state index contributed by atoms with van der Waals surface area (Å²) in [7, 11) is 1.66. The predicted octanol–water partition coefficient (Wildman–Crippen LogP) is 3.95. The molecular weight excluding hydrogens is 344 g/mol. The zero-order valence-corrected chi connectivity index (χ0v) is 16.0. The van der Waals surface area contributed by atoms with Crippen LogP contribution in [0.1, 0.15) is 24.5 Å². The summed E-state index contributed by atoms with van der Waals surface area (Å²) in [4.78, 5) is 0. The molecule has 1 fully saturated rings. The number of rotatable bonds is 10. The molecule has 1 saturated heterocycles. The maximum Gasteiger partial charge on any atom is 0.155 e. The summed E-state index contributed by atoms with van der Waals surface area (Å²) in [5, 5.41) is 0. The fraction of sp³-hybridized carbons (Fsp3) is 0.455. The normalized spacial score (nSPS) is 22.1. The minimum Gasteiger partial charge on any atom is -0.497 e. The third-order valence-electron chi connectivity index (χ3n) is 4.52. The highest BCUT2D eigenvalue weighted by Gasteiger charge is 2.33. The van der Waals surface area contributed by atoms with Crippen molar-refractivity contribution in [2.45, 2.75) is 45.1 Å². The van der Waals surface area contributed by atoms with Gasteiger partial charge in [-0.25, -0.2) is 0 Å². The Balaban J connectivity index is 1.37. The highest BCUT2D eigenvalue weighted by atomic mass is 16.7. The molecule has 1 aliphatic heterocycles. The van der Waals surface area contributed by atoms with E-state index in [4.69, 9.17) is 23.7 Å². The van der Waals surface area contributed by atoms with Gasteiger partial charge >= 0.3 is 0 Å². The van der Waals surface area contributed by atoms with Crippen LogP contribution >= 0.6 is 0 Å². The summed E-state index contributed by atoms with van der Waals surface area (Å²) in [5.74, 6) is 0.843. The van der Waals surface area contributed by atoms with Crippen LogP contribution in [0.3, 0.4) is 0 Å².